The summed E-state index contributed by atoms with van der Waals surface area (Å²) in [5.74, 6) is 1.56. The minimum absolute atomic E-state index is 0.141. The van der Waals surface area contributed by atoms with E-state index in [-0.39, 0.29) is 6.10 Å². The molecule has 0 unspecified atom stereocenters. The molecule has 0 N–H and O–H groups in total. The molecular formula is C11H14INO2. The van der Waals surface area contributed by atoms with Gasteiger partial charge in [-0.1, -0.05) is 0 Å². The molecule has 1 aromatic heterocycles. The molecule has 1 saturated carbocycles. The Hall–Kier alpha value is -0.520. The van der Waals surface area contributed by atoms with Crippen molar-refractivity contribution < 1.29 is 9.47 Å². The molecule has 1 aliphatic rings. The SMILES string of the molecule is CC(C)Oc1nccc(OC2CC2)c1I. The van der Waals surface area contributed by atoms with Gasteiger partial charge in [0.15, 0.2) is 0 Å². The molecule has 0 amide bonds. The highest BCUT2D eigenvalue weighted by atomic mass is 127. The number of hydrogen-bond acceptors (Lipinski definition) is 3. The molecule has 2 rings (SSSR count). The van der Waals surface area contributed by atoms with Crippen LogP contribution in [0, 0.1) is 3.57 Å². The number of aromatic nitrogens is 1. The van der Waals surface area contributed by atoms with Gasteiger partial charge in [0.25, 0.3) is 0 Å². The van der Waals surface area contributed by atoms with E-state index in [9.17, 15) is 0 Å². The second kappa shape index (κ2) is 4.55. The Balaban J connectivity index is 2.15. The van der Waals surface area contributed by atoms with Crippen molar-refractivity contribution >= 4 is 22.6 Å². The lowest BCUT2D eigenvalue weighted by Crippen LogP contribution is -2.09. The maximum atomic E-state index is 5.75. The van der Waals surface area contributed by atoms with Gasteiger partial charge in [-0.05, 0) is 55.3 Å². The fourth-order valence-electron chi connectivity index (χ4n) is 1.17. The Kier molecular flexibility index (Phi) is 3.33. The van der Waals surface area contributed by atoms with E-state index in [0.29, 0.717) is 12.0 Å². The maximum Gasteiger partial charge on any atom is 0.231 e. The van der Waals surface area contributed by atoms with Gasteiger partial charge in [0.1, 0.15) is 9.32 Å². The number of nitrogens with zero attached hydrogens (tertiary/aromatic N) is 1. The molecule has 4 heteroatoms. The topological polar surface area (TPSA) is 31.4 Å². The molecule has 82 valence electrons. The molecule has 15 heavy (non-hydrogen) atoms. The summed E-state index contributed by atoms with van der Waals surface area (Å²) in [5, 5.41) is 0. The predicted molar refractivity (Wildman–Crippen MR) is 66.4 cm³/mol. The van der Waals surface area contributed by atoms with E-state index in [2.05, 4.69) is 27.6 Å². The normalized spacial score (nSPS) is 15.5. The third-order valence-corrected chi connectivity index (χ3v) is 2.98. The van der Waals surface area contributed by atoms with Gasteiger partial charge in [0.2, 0.25) is 5.88 Å². The first kappa shape index (κ1) is 11.0. The minimum Gasteiger partial charge on any atom is -0.489 e. The van der Waals surface area contributed by atoms with E-state index in [1.165, 1.54) is 12.8 Å². The number of rotatable bonds is 4. The highest BCUT2D eigenvalue weighted by Gasteiger charge is 2.25. The largest absolute Gasteiger partial charge is 0.489 e. The lowest BCUT2D eigenvalue weighted by Gasteiger charge is -2.13. The van der Waals surface area contributed by atoms with Crippen LogP contribution in [-0.4, -0.2) is 17.2 Å². The van der Waals surface area contributed by atoms with Crippen LogP contribution in [0.25, 0.3) is 0 Å². The molecule has 0 spiro atoms. The standard InChI is InChI=1S/C11H14INO2/c1-7(2)14-11-10(12)9(5-6-13-11)15-8-3-4-8/h5-8H,3-4H2,1-2H3. The molecule has 0 saturated heterocycles. The summed E-state index contributed by atoms with van der Waals surface area (Å²) >= 11 is 2.22. The zero-order chi connectivity index (χ0) is 10.8. The van der Waals surface area contributed by atoms with Crippen LogP contribution in [0.15, 0.2) is 12.3 Å². The van der Waals surface area contributed by atoms with Gasteiger partial charge in [0.05, 0.1) is 12.2 Å². The highest BCUT2D eigenvalue weighted by Crippen LogP contribution is 2.33. The van der Waals surface area contributed by atoms with E-state index in [4.69, 9.17) is 9.47 Å². The molecule has 1 fully saturated rings. The van der Waals surface area contributed by atoms with E-state index in [1.54, 1.807) is 6.20 Å². The van der Waals surface area contributed by atoms with Crippen molar-refractivity contribution in [2.75, 3.05) is 0 Å². The Morgan fingerprint density at radius 1 is 1.47 bits per heavy atom. The zero-order valence-electron chi connectivity index (χ0n) is 8.87. The summed E-state index contributed by atoms with van der Waals surface area (Å²) in [7, 11) is 0. The van der Waals surface area contributed by atoms with Crippen molar-refractivity contribution in [2.45, 2.75) is 38.9 Å². The van der Waals surface area contributed by atoms with Gasteiger partial charge >= 0.3 is 0 Å². The summed E-state index contributed by atoms with van der Waals surface area (Å²) < 4.78 is 12.3. The van der Waals surface area contributed by atoms with Crippen LogP contribution >= 0.6 is 22.6 Å². The molecule has 1 aliphatic carbocycles. The van der Waals surface area contributed by atoms with Crippen LogP contribution in [0.1, 0.15) is 26.7 Å². The number of halogens is 1. The second-order valence-electron chi connectivity index (χ2n) is 3.91. The highest BCUT2D eigenvalue weighted by molar-refractivity contribution is 14.1. The summed E-state index contributed by atoms with van der Waals surface area (Å²) in [6, 6.07) is 1.90. The number of pyridine rings is 1. The molecule has 3 nitrogen and oxygen atoms in total. The van der Waals surface area contributed by atoms with E-state index in [0.717, 1.165) is 9.32 Å². The van der Waals surface area contributed by atoms with Crippen molar-refractivity contribution in [3.05, 3.63) is 15.8 Å². The molecular weight excluding hydrogens is 305 g/mol. The number of hydrogen-bond donors (Lipinski definition) is 0. The Labute approximate surface area is 103 Å². The van der Waals surface area contributed by atoms with Crippen LogP contribution in [0.4, 0.5) is 0 Å². The first-order chi connectivity index (χ1) is 7.16. The molecule has 1 aromatic rings. The molecule has 0 aromatic carbocycles. The van der Waals surface area contributed by atoms with Gasteiger partial charge in [0, 0.05) is 6.20 Å². The first-order valence-electron chi connectivity index (χ1n) is 5.14. The average molecular weight is 319 g/mol. The van der Waals surface area contributed by atoms with Crippen LogP contribution in [0.3, 0.4) is 0 Å². The Morgan fingerprint density at radius 3 is 2.80 bits per heavy atom. The van der Waals surface area contributed by atoms with Gasteiger partial charge in [-0.25, -0.2) is 4.98 Å². The fourth-order valence-corrected chi connectivity index (χ4v) is 1.74. The van der Waals surface area contributed by atoms with E-state index in [1.807, 2.05) is 19.9 Å². The molecule has 1 heterocycles. The zero-order valence-corrected chi connectivity index (χ0v) is 11.0. The molecule has 0 aliphatic heterocycles. The molecule has 0 radical (unpaired) electrons. The van der Waals surface area contributed by atoms with E-state index < -0.39 is 0 Å². The summed E-state index contributed by atoms with van der Waals surface area (Å²) in [6.45, 7) is 3.98. The van der Waals surface area contributed by atoms with Crippen molar-refractivity contribution in [3.8, 4) is 11.6 Å². The van der Waals surface area contributed by atoms with Crippen molar-refractivity contribution in [3.63, 3.8) is 0 Å². The number of ether oxygens (including phenoxy) is 2. The third-order valence-electron chi connectivity index (χ3n) is 1.99. The molecule has 0 atom stereocenters. The lowest BCUT2D eigenvalue weighted by atomic mass is 10.4. The van der Waals surface area contributed by atoms with Gasteiger partial charge in [-0.15, -0.1) is 0 Å². The Morgan fingerprint density at radius 2 is 2.20 bits per heavy atom. The monoisotopic (exact) mass is 319 g/mol. The van der Waals surface area contributed by atoms with Crippen molar-refractivity contribution in [2.24, 2.45) is 0 Å². The van der Waals surface area contributed by atoms with Crippen LogP contribution in [0.5, 0.6) is 11.6 Å². The minimum atomic E-state index is 0.141. The second-order valence-corrected chi connectivity index (χ2v) is 4.99. The van der Waals surface area contributed by atoms with Crippen LogP contribution in [0.2, 0.25) is 0 Å². The van der Waals surface area contributed by atoms with Crippen LogP contribution < -0.4 is 9.47 Å². The average Bonchev–Trinajstić information content (AvgIpc) is 2.95. The summed E-state index contributed by atoms with van der Waals surface area (Å²) in [6.07, 6.45) is 4.62. The van der Waals surface area contributed by atoms with E-state index >= 15 is 0 Å². The molecule has 0 bridgehead atoms. The smallest absolute Gasteiger partial charge is 0.231 e. The van der Waals surface area contributed by atoms with Gasteiger partial charge in [-0.3, -0.25) is 0 Å². The quantitative estimate of drug-likeness (QED) is 0.800. The Bertz CT molecular complexity index is 328. The summed E-state index contributed by atoms with van der Waals surface area (Å²) in [5.41, 5.74) is 0. The third kappa shape index (κ3) is 2.96. The predicted octanol–water partition coefficient (Wildman–Crippen LogP) is 3.01. The maximum absolute atomic E-state index is 5.75. The fraction of sp³-hybridized carbons (Fsp3) is 0.545. The van der Waals surface area contributed by atoms with Gasteiger partial charge in [-0.2, -0.15) is 0 Å². The lowest BCUT2D eigenvalue weighted by molar-refractivity contribution is 0.227. The first-order valence-corrected chi connectivity index (χ1v) is 6.22. The summed E-state index contributed by atoms with van der Waals surface area (Å²) in [4.78, 5) is 4.20. The van der Waals surface area contributed by atoms with Crippen molar-refractivity contribution in [1.29, 1.82) is 0 Å². The van der Waals surface area contributed by atoms with Crippen molar-refractivity contribution in [1.82, 2.24) is 4.98 Å². The van der Waals surface area contributed by atoms with Crippen LogP contribution in [-0.2, 0) is 0 Å². The van der Waals surface area contributed by atoms with Gasteiger partial charge < -0.3 is 9.47 Å².